The Hall–Kier alpha value is -2.68. The first-order chi connectivity index (χ1) is 25.4. The Morgan fingerprint density at radius 1 is 1.06 bits per heavy atom. The molecule has 3 aliphatic rings. The van der Waals surface area contributed by atoms with Crippen LogP contribution in [0.1, 0.15) is 152 Å². The highest BCUT2D eigenvalue weighted by Crippen LogP contribution is 2.47. The van der Waals surface area contributed by atoms with Gasteiger partial charge in [-0.3, -0.25) is 4.79 Å². The smallest absolute Gasteiger partial charge is 0.309 e. The Morgan fingerprint density at radius 3 is 2.57 bits per heavy atom. The summed E-state index contributed by atoms with van der Waals surface area (Å²) in [6.07, 6.45) is 20.1. The predicted octanol–water partition coefficient (Wildman–Crippen LogP) is 8.41. The fourth-order valence-corrected chi connectivity index (χ4v) is 10.4. The largest absolute Gasteiger partial charge is 0.664 e. The quantitative estimate of drug-likeness (QED) is 0.0673. The minimum atomic E-state index is -1.03. The van der Waals surface area contributed by atoms with E-state index in [0.717, 1.165) is 69.0 Å². The van der Waals surface area contributed by atoms with Gasteiger partial charge in [0.05, 0.1) is 23.7 Å². The number of allylic oxidation sites excluding steroid dienone is 1. The van der Waals surface area contributed by atoms with Gasteiger partial charge in [0.15, 0.2) is 0 Å². The zero-order valence-electron chi connectivity index (χ0n) is 33.1. The summed E-state index contributed by atoms with van der Waals surface area (Å²) >= 11 is 0. The highest BCUT2D eigenvalue weighted by Gasteiger charge is 2.46. The molecule has 0 amide bonds. The second kappa shape index (κ2) is 19.3. The van der Waals surface area contributed by atoms with Crippen LogP contribution in [0.3, 0.4) is 0 Å². The van der Waals surface area contributed by atoms with E-state index in [2.05, 4.69) is 50.9 Å². The molecule has 8 heteroatoms. The van der Waals surface area contributed by atoms with Gasteiger partial charge in [-0.05, 0) is 130 Å². The van der Waals surface area contributed by atoms with Crippen LogP contribution in [0.5, 0.6) is 0 Å². The van der Waals surface area contributed by atoms with Gasteiger partial charge < -0.3 is 31.1 Å². The fourth-order valence-electron chi connectivity index (χ4n) is 10.4. The topological polar surface area (TPSA) is 151 Å². The van der Waals surface area contributed by atoms with E-state index in [0.29, 0.717) is 61.6 Å². The van der Waals surface area contributed by atoms with Crippen molar-refractivity contribution in [1.29, 1.82) is 0 Å². The number of nitrogens with zero attached hydrogens (tertiary/aromatic N) is 2. The van der Waals surface area contributed by atoms with Crippen LogP contribution in [-0.4, -0.2) is 49.2 Å². The number of carboxylic acids is 1. The number of nitrogen functional groups attached to an aromatic ring is 1. The lowest BCUT2D eigenvalue weighted by Crippen LogP contribution is -2.37. The van der Waals surface area contributed by atoms with Gasteiger partial charge in [0.1, 0.15) is 5.82 Å². The molecule has 2 heterocycles. The Balaban J connectivity index is 1.16. The van der Waals surface area contributed by atoms with Gasteiger partial charge in [-0.25, -0.2) is 4.98 Å². The van der Waals surface area contributed by atoms with Gasteiger partial charge in [-0.1, -0.05) is 90.0 Å². The van der Waals surface area contributed by atoms with Crippen LogP contribution >= 0.6 is 0 Å². The zero-order chi connectivity index (χ0) is 38.1. The van der Waals surface area contributed by atoms with E-state index in [1.807, 2.05) is 12.1 Å². The van der Waals surface area contributed by atoms with Gasteiger partial charge in [-0.2, -0.15) is 11.4 Å². The number of aromatic nitrogens is 2. The predicted molar refractivity (Wildman–Crippen MR) is 212 cm³/mol. The number of fused-ring (bicyclic) bond motifs is 1. The van der Waals surface area contributed by atoms with Crippen molar-refractivity contribution in [3.05, 3.63) is 59.1 Å². The maximum Gasteiger partial charge on any atom is 0.309 e. The highest BCUT2D eigenvalue weighted by molar-refractivity contribution is 5.70. The molecule has 8 nitrogen and oxygen atoms in total. The van der Waals surface area contributed by atoms with E-state index >= 15 is 0 Å². The summed E-state index contributed by atoms with van der Waals surface area (Å²) in [4.78, 5) is 21.6. The Morgan fingerprint density at radius 2 is 1.85 bits per heavy atom. The summed E-state index contributed by atoms with van der Waals surface area (Å²) in [6.45, 7) is 9.17. The van der Waals surface area contributed by atoms with Crippen molar-refractivity contribution in [2.45, 2.75) is 167 Å². The first-order valence-electron chi connectivity index (χ1n) is 21.2. The number of hydrogen-bond acceptors (Lipinski definition) is 6. The molecule has 6 N–H and O–H groups in total. The minimum Gasteiger partial charge on any atom is -0.664 e. The number of anilines is 1. The van der Waals surface area contributed by atoms with Crippen LogP contribution in [0.25, 0.3) is 0 Å². The van der Waals surface area contributed by atoms with Crippen molar-refractivity contribution in [2.24, 2.45) is 41.4 Å². The summed E-state index contributed by atoms with van der Waals surface area (Å²) in [5.74, 6) is 1.26. The van der Waals surface area contributed by atoms with E-state index in [4.69, 9.17) is 10.7 Å². The van der Waals surface area contributed by atoms with E-state index in [1.165, 1.54) is 30.5 Å². The van der Waals surface area contributed by atoms with Crippen LogP contribution in [0.2, 0.25) is 0 Å². The van der Waals surface area contributed by atoms with Crippen molar-refractivity contribution in [1.82, 2.24) is 9.97 Å². The highest BCUT2D eigenvalue weighted by atomic mass is 16.4. The number of aliphatic hydroxyl groups excluding tert-OH is 2. The Kier molecular flexibility index (Phi) is 15.1. The summed E-state index contributed by atoms with van der Waals surface area (Å²) in [6, 6.07) is 6.19. The molecule has 296 valence electrons. The Bertz CT molecular complexity index is 1470. The standard InChI is InChI=1S/C45H70N3O5/c1-5-6-8-11-31-14-15-34(42(50)24-31)12-9-7-10-13-38(44(51)52)41(49)18-20-45(53)28-33(22-32-19-21-47-43(46)25-32)23-35(45)26-36-27-39-30(4)37(29(2)3)16-17-40(39)48-36/h14-15,19,21,25,27,29-31,33-35,37-38,41-42,49-50,53H,5-13,16-18,20,22-24,26,28H2,1-4H3,(H2,46,47)(H,51,52)/q-1/t30-,31-,33-,34-,35-,37-,38+,41-,42-,45+/m1/s1. The molecule has 3 aliphatic carbocycles. The number of nitrogens with two attached hydrogens (primary N) is 1. The van der Waals surface area contributed by atoms with E-state index < -0.39 is 23.6 Å². The van der Waals surface area contributed by atoms with Gasteiger partial charge in [-0.15, -0.1) is 0 Å². The number of aliphatic carboxylic acids is 1. The van der Waals surface area contributed by atoms with Crippen molar-refractivity contribution in [2.75, 3.05) is 5.73 Å². The first kappa shape index (κ1) is 41.5. The lowest BCUT2D eigenvalue weighted by Gasteiger charge is -2.35. The van der Waals surface area contributed by atoms with Crippen molar-refractivity contribution in [3.63, 3.8) is 0 Å². The van der Waals surface area contributed by atoms with Gasteiger partial charge in [0.25, 0.3) is 0 Å². The van der Waals surface area contributed by atoms with Crippen LogP contribution in [-0.2, 0) is 24.1 Å². The molecular formula is C45H70N3O5-. The third kappa shape index (κ3) is 11.2. The third-order valence-corrected chi connectivity index (χ3v) is 13.5. The van der Waals surface area contributed by atoms with Crippen molar-refractivity contribution < 1.29 is 25.2 Å². The normalized spacial score (nSPS) is 29.7. The van der Waals surface area contributed by atoms with E-state index in [1.54, 1.807) is 6.20 Å². The first-order valence-corrected chi connectivity index (χ1v) is 21.2. The van der Waals surface area contributed by atoms with Crippen LogP contribution < -0.4 is 10.7 Å². The number of aliphatic hydroxyl groups is 3. The third-order valence-electron chi connectivity index (χ3n) is 13.5. The SMILES string of the molecule is CCCCC[C@@H]1C=C[C@@H](CCCCC[C@H](C(=O)O)[C@H](O)CC[C@]2(O)C[C@H](Cc3ccnc(N)c3)C[C@@H]2Cc2cc3c([n-]2)CC[C@H](C(C)C)[C@H]3C)[C@H](O)C1. The molecule has 0 radical (unpaired) electrons. The molecule has 0 aromatic carbocycles. The van der Waals surface area contributed by atoms with Crippen molar-refractivity contribution in [3.8, 4) is 0 Å². The molecule has 2 aromatic rings. The van der Waals surface area contributed by atoms with E-state index in [-0.39, 0.29) is 30.3 Å². The lowest BCUT2D eigenvalue weighted by atomic mass is 9.73. The second-order valence-electron chi connectivity index (χ2n) is 17.8. The Labute approximate surface area is 319 Å². The molecule has 1 fully saturated rings. The molecule has 0 saturated heterocycles. The summed E-state index contributed by atoms with van der Waals surface area (Å²) in [5, 5.41) is 44.5. The lowest BCUT2D eigenvalue weighted by molar-refractivity contribution is -0.146. The minimum absolute atomic E-state index is 0.0366. The average Bonchev–Trinajstić information content (AvgIpc) is 3.66. The van der Waals surface area contributed by atoms with Gasteiger partial charge in [0.2, 0.25) is 0 Å². The number of aryl methyl sites for hydroxylation is 1. The summed E-state index contributed by atoms with van der Waals surface area (Å²) in [5.41, 5.74) is 9.71. The molecule has 1 saturated carbocycles. The summed E-state index contributed by atoms with van der Waals surface area (Å²) < 4.78 is 0. The zero-order valence-corrected chi connectivity index (χ0v) is 33.1. The molecule has 0 aliphatic heterocycles. The number of unbranched alkanes of at least 4 members (excludes halogenated alkanes) is 4. The monoisotopic (exact) mass is 733 g/mol. The van der Waals surface area contributed by atoms with Gasteiger partial charge in [0, 0.05) is 12.1 Å². The molecule has 53 heavy (non-hydrogen) atoms. The maximum absolute atomic E-state index is 12.4. The average molecular weight is 733 g/mol. The number of carbonyl (C=O) groups is 1. The van der Waals surface area contributed by atoms with Gasteiger partial charge >= 0.3 is 5.97 Å². The molecule has 0 bridgehead atoms. The van der Waals surface area contributed by atoms with Crippen molar-refractivity contribution >= 4 is 11.8 Å². The van der Waals surface area contributed by atoms with Crippen LogP contribution in [0.15, 0.2) is 36.5 Å². The molecular weight excluding hydrogens is 663 g/mol. The maximum atomic E-state index is 12.4. The number of pyridine rings is 1. The fraction of sp³-hybridized carbons (Fsp3) is 0.733. The molecule has 2 aromatic heterocycles. The number of hydrogen-bond donors (Lipinski definition) is 5. The van der Waals surface area contributed by atoms with E-state index in [9.17, 15) is 25.2 Å². The number of carboxylic acid groups (broad SMARTS) is 1. The van der Waals surface area contributed by atoms with Crippen LogP contribution in [0, 0.1) is 41.4 Å². The molecule has 0 spiro atoms. The summed E-state index contributed by atoms with van der Waals surface area (Å²) in [7, 11) is 0. The van der Waals surface area contributed by atoms with Crippen LogP contribution in [0.4, 0.5) is 5.82 Å². The molecule has 5 rings (SSSR count). The second-order valence-corrected chi connectivity index (χ2v) is 17.8. The number of rotatable bonds is 20. The molecule has 0 unspecified atom stereocenters. The molecule has 10 atom stereocenters.